The van der Waals surface area contributed by atoms with E-state index in [0.717, 1.165) is 0 Å². The molecule has 0 aliphatic heterocycles. The van der Waals surface area contributed by atoms with Gasteiger partial charge >= 0.3 is 5.97 Å². The van der Waals surface area contributed by atoms with Crippen LogP contribution in [0.3, 0.4) is 0 Å². The average molecular weight is 459 g/mol. The molecule has 0 aliphatic rings. The number of carbonyl (C=O) groups is 3. The van der Waals surface area contributed by atoms with Crippen LogP contribution in [0.2, 0.25) is 5.02 Å². The van der Waals surface area contributed by atoms with Gasteiger partial charge in [-0.2, -0.15) is 0 Å². The Morgan fingerprint density at radius 2 is 1.81 bits per heavy atom. The zero-order chi connectivity index (χ0) is 23.4. The average Bonchev–Trinajstić information content (AvgIpc) is 3.04. The minimum absolute atomic E-state index is 0.136. The summed E-state index contributed by atoms with van der Waals surface area (Å²) in [6, 6.07) is 11.7. The number of ether oxygens (including phenoxy) is 2. The number of rotatable bonds is 7. The van der Waals surface area contributed by atoms with Gasteiger partial charge in [0.1, 0.15) is 12.2 Å². The van der Waals surface area contributed by atoms with Crippen molar-refractivity contribution in [2.24, 2.45) is 0 Å². The minimum Gasteiger partial charge on any atom is -0.497 e. The third kappa shape index (κ3) is 4.76. The van der Waals surface area contributed by atoms with E-state index in [4.69, 9.17) is 21.1 Å². The van der Waals surface area contributed by atoms with Crippen LogP contribution in [0.25, 0.3) is 10.9 Å². The number of aromatic nitrogens is 1. The van der Waals surface area contributed by atoms with E-state index >= 15 is 0 Å². The Kier molecular flexibility index (Phi) is 7.17. The third-order valence-corrected chi connectivity index (χ3v) is 5.28. The molecule has 0 spiro atoms. The lowest BCUT2D eigenvalue weighted by Crippen LogP contribution is -2.29. The zero-order valence-electron chi connectivity index (χ0n) is 17.9. The molecule has 2 aromatic carbocycles. The quantitative estimate of drug-likeness (QED) is 0.249. The number of hydrogen-bond donors (Lipinski definition) is 1. The van der Waals surface area contributed by atoms with Crippen LogP contribution in [0.1, 0.15) is 35.0 Å². The highest BCUT2D eigenvalue weighted by Crippen LogP contribution is 2.31. The highest BCUT2D eigenvalue weighted by atomic mass is 35.5. The number of hydrogen-bond acceptors (Lipinski definition) is 6. The van der Waals surface area contributed by atoms with Crippen LogP contribution < -0.4 is 4.74 Å². The molecule has 1 aromatic heterocycles. The lowest BCUT2D eigenvalue weighted by atomic mass is 10.1. The number of hydroxylamine groups is 2. The topological polar surface area (TPSA) is 98.1 Å². The Bertz CT molecular complexity index is 1170. The molecule has 3 rings (SSSR count). The number of nitrogens with zero attached hydrogens (tertiary/aromatic N) is 2. The van der Waals surface area contributed by atoms with Crippen molar-refractivity contribution in [2.45, 2.75) is 26.8 Å². The van der Waals surface area contributed by atoms with Gasteiger partial charge in [-0.05, 0) is 56.3 Å². The van der Waals surface area contributed by atoms with E-state index in [0.29, 0.717) is 43.6 Å². The van der Waals surface area contributed by atoms with E-state index < -0.39 is 18.3 Å². The van der Waals surface area contributed by atoms with Gasteiger partial charge in [0.2, 0.25) is 0 Å². The van der Waals surface area contributed by atoms with Gasteiger partial charge in [0, 0.05) is 27.2 Å². The second-order valence-electron chi connectivity index (χ2n) is 7.03. The first-order chi connectivity index (χ1) is 15.3. The molecular weight excluding hydrogens is 436 g/mol. The first-order valence-electron chi connectivity index (χ1n) is 9.89. The van der Waals surface area contributed by atoms with E-state index in [2.05, 4.69) is 0 Å². The summed E-state index contributed by atoms with van der Waals surface area (Å²) in [5.41, 5.74) is 2.10. The molecule has 8 nitrogen and oxygen atoms in total. The number of methoxy groups -OCH3 is 1. The lowest BCUT2D eigenvalue weighted by molar-refractivity contribution is -0.172. The van der Waals surface area contributed by atoms with Crippen molar-refractivity contribution in [1.82, 2.24) is 9.63 Å². The monoisotopic (exact) mass is 458 g/mol. The van der Waals surface area contributed by atoms with Crippen LogP contribution in [0.15, 0.2) is 42.5 Å². The molecule has 9 heteroatoms. The largest absolute Gasteiger partial charge is 0.497 e. The second kappa shape index (κ2) is 9.84. The Labute approximate surface area is 189 Å². The fourth-order valence-corrected chi connectivity index (χ4v) is 3.56. The Hall–Kier alpha value is -3.36. The lowest BCUT2D eigenvalue weighted by Gasteiger charge is -2.15. The van der Waals surface area contributed by atoms with E-state index in [1.54, 1.807) is 56.3 Å². The van der Waals surface area contributed by atoms with Crippen molar-refractivity contribution in [1.29, 1.82) is 0 Å². The standard InChI is InChI=1S/C23H23ClN2O6/c1-4-32-22(28)12-21(27)25(30)13-19-14(2)26(20-10-9-17(31-3)11-18(19)20)23(29)15-5-7-16(24)8-6-15/h5-11,30H,4,12-13H2,1-3H3. The predicted octanol–water partition coefficient (Wildman–Crippen LogP) is 3.97. The van der Waals surface area contributed by atoms with Crippen molar-refractivity contribution in [3.05, 3.63) is 64.3 Å². The first-order valence-corrected chi connectivity index (χ1v) is 10.3. The van der Waals surface area contributed by atoms with Crippen LogP contribution in [0, 0.1) is 6.92 Å². The molecule has 0 radical (unpaired) electrons. The maximum atomic E-state index is 13.3. The number of halogens is 1. The number of benzene rings is 2. The van der Waals surface area contributed by atoms with Crippen LogP contribution in [-0.4, -0.2) is 46.3 Å². The summed E-state index contributed by atoms with van der Waals surface area (Å²) in [6.07, 6.45) is -0.588. The van der Waals surface area contributed by atoms with Gasteiger partial charge in [-0.3, -0.25) is 24.2 Å². The number of fused-ring (bicyclic) bond motifs is 1. The predicted molar refractivity (Wildman–Crippen MR) is 118 cm³/mol. The van der Waals surface area contributed by atoms with E-state index in [1.165, 1.54) is 11.7 Å². The third-order valence-electron chi connectivity index (χ3n) is 5.03. The van der Waals surface area contributed by atoms with E-state index in [1.807, 2.05) is 0 Å². The SMILES string of the molecule is CCOC(=O)CC(=O)N(O)Cc1c(C)n(C(=O)c2ccc(Cl)cc2)c2ccc(OC)cc12. The number of amides is 1. The molecule has 0 saturated heterocycles. The summed E-state index contributed by atoms with van der Waals surface area (Å²) < 4.78 is 11.6. The van der Waals surface area contributed by atoms with Gasteiger partial charge in [0.05, 0.1) is 25.8 Å². The van der Waals surface area contributed by atoms with Crippen molar-refractivity contribution < 1.29 is 29.1 Å². The second-order valence-corrected chi connectivity index (χ2v) is 7.46. The zero-order valence-corrected chi connectivity index (χ0v) is 18.7. The smallest absolute Gasteiger partial charge is 0.315 e. The molecule has 1 heterocycles. The maximum Gasteiger partial charge on any atom is 0.315 e. The summed E-state index contributed by atoms with van der Waals surface area (Å²) in [4.78, 5) is 37.1. The summed E-state index contributed by atoms with van der Waals surface area (Å²) in [6.45, 7) is 3.26. The van der Waals surface area contributed by atoms with Crippen molar-refractivity contribution in [3.63, 3.8) is 0 Å². The molecule has 0 saturated carbocycles. The van der Waals surface area contributed by atoms with Crippen LogP contribution in [-0.2, 0) is 20.9 Å². The molecule has 3 aromatic rings. The van der Waals surface area contributed by atoms with Crippen molar-refractivity contribution >= 4 is 40.3 Å². The van der Waals surface area contributed by atoms with Crippen LogP contribution >= 0.6 is 11.6 Å². The molecule has 1 amide bonds. The molecule has 168 valence electrons. The van der Waals surface area contributed by atoms with Gasteiger partial charge < -0.3 is 9.47 Å². The van der Waals surface area contributed by atoms with E-state index in [-0.39, 0.29) is 19.1 Å². The molecule has 0 fully saturated rings. The summed E-state index contributed by atoms with van der Waals surface area (Å²) in [5.74, 6) is -1.27. The molecule has 0 bridgehead atoms. The van der Waals surface area contributed by atoms with Gasteiger partial charge in [0.15, 0.2) is 0 Å². The number of carbonyl (C=O) groups excluding carboxylic acids is 3. The Balaban J connectivity index is 2.03. The van der Waals surface area contributed by atoms with Gasteiger partial charge in [-0.15, -0.1) is 0 Å². The summed E-state index contributed by atoms with van der Waals surface area (Å²) in [5, 5.41) is 11.9. The highest BCUT2D eigenvalue weighted by Gasteiger charge is 2.24. The molecule has 0 unspecified atom stereocenters. The minimum atomic E-state index is -0.810. The fourth-order valence-electron chi connectivity index (χ4n) is 3.44. The fraction of sp³-hybridized carbons (Fsp3) is 0.261. The normalized spacial score (nSPS) is 10.8. The van der Waals surface area contributed by atoms with Crippen LogP contribution in [0.4, 0.5) is 0 Å². The highest BCUT2D eigenvalue weighted by molar-refractivity contribution is 6.30. The molecule has 0 aliphatic carbocycles. The molecule has 0 atom stereocenters. The summed E-state index contributed by atoms with van der Waals surface area (Å²) in [7, 11) is 1.52. The van der Waals surface area contributed by atoms with Crippen molar-refractivity contribution in [2.75, 3.05) is 13.7 Å². The molecular formula is C23H23ClN2O6. The van der Waals surface area contributed by atoms with Gasteiger partial charge in [-0.25, -0.2) is 5.06 Å². The number of esters is 1. The Morgan fingerprint density at radius 3 is 2.44 bits per heavy atom. The molecule has 32 heavy (non-hydrogen) atoms. The molecule has 1 N–H and O–H groups in total. The van der Waals surface area contributed by atoms with Gasteiger partial charge in [-0.1, -0.05) is 11.6 Å². The first kappa shape index (κ1) is 23.3. The van der Waals surface area contributed by atoms with Crippen LogP contribution in [0.5, 0.6) is 5.75 Å². The summed E-state index contributed by atoms with van der Waals surface area (Å²) >= 11 is 5.94. The van der Waals surface area contributed by atoms with Gasteiger partial charge in [0.25, 0.3) is 11.8 Å². The Morgan fingerprint density at radius 1 is 1.12 bits per heavy atom. The van der Waals surface area contributed by atoms with Crippen molar-refractivity contribution in [3.8, 4) is 5.75 Å². The van der Waals surface area contributed by atoms with E-state index in [9.17, 15) is 19.6 Å². The maximum absolute atomic E-state index is 13.3.